The fourth-order valence-electron chi connectivity index (χ4n) is 4.81. The maximum atomic E-state index is 13.4. The molecule has 0 aliphatic carbocycles. The van der Waals surface area contributed by atoms with Gasteiger partial charge in [0.25, 0.3) is 0 Å². The number of halogens is 3. The first-order valence-electron chi connectivity index (χ1n) is 11.9. The molecule has 2 aromatic rings. The quantitative estimate of drug-likeness (QED) is 0.442. The average molecular weight is 543 g/mol. The summed E-state index contributed by atoms with van der Waals surface area (Å²) < 4.78 is 80.4. The molecule has 0 saturated carbocycles. The van der Waals surface area contributed by atoms with Crippen LogP contribution in [-0.2, 0) is 19.6 Å². The lowest BCUT2D eigenvalue weighted by molar-refractivity contribution is -0.275. The molecule has 0 unspecified atom stereocenters. The Morgan fingerprint density at radius 3 is 2.24 bits per heavy atom. The Kier molecular flexibility index (Phi) is 8.00. The van der Waals surface area contributed by atoms with E-state index in [1.807, 2.05) is 12.1 Å². The Morgan fingerprint density at radius 2 is 1.59 bits per heavy atom. The van der Waals surface area contributed by atoms with Gasteiger partial charge in [0, 0.05) is 45.5 Å². The summed E-state index contributed by atoms with van der Waals surface area (Å²) in [5.74, 6) is -0.154. The van der Waals surface area contributed by atoms with Crippen LogP contribution in [0.2, 0.25) is 0 Å². The first-order chi connectivity index (χ1) is 17.6. The monoisotopic (exact) mass is 542 g/mol. The number of carbonyl (C=O) groups is 1. The van der Waals surface area contributed by atoms with Gasteiger partial charge in [-0.05, 0) is 55.7 Å². The lowest BCUT2D eigenvalue weighted by atomic mass is 9.77. The van der Waals surface area contributed by atoms with Crippen LogP contribution < -0.4 is 14.4 Å². The van der Waals surface area contributed by atoms with Crippen molar-refractivity contribution in [2.75, 3.05) is 44.9 Å². The van der Waals surface area contributed by atoms with Gasteiger partial charge in [-0.3, -0.25) is 4.79 Å². The van der Waals surface area contributed by atoms with E-state index < -0.39 is 32.4 Å². The second-order valence-electron chi connectivity index (χ2n) is 9.07. The molecule has 8 nitrogen and oxygen atoms in total. The minimum atomic E-state index is -5.02. The number of methoxy groups -OCH3 is 1. The van der Waals surface area contributed by atoms with Crippen LogP contribution in [0.3, 0.4) is 0 Å². The van der Waals surface area contributed by atoms with Crippen LogP contribution in [0.5, 0.6) is 11.5 Å². The van der Waals surface area contributed by atoms with Gasteiger partial charge in [0.1, 0.15) is 16.4 Å². The lowest BCUT2D eigenvalue weighted by Crippen LogP contribution is -2.46. The van der Waals surface area contributed by atoms with Gasteiger partial charge in [0.05, 0.1) is 12.0 Å². The summed E-state index contributed by atoms with van der Waals surface area (Å²) in [4.78, 5) is 14.6. The number of anilines is 1. The van der Waals surface area contributed by atoms with E-state index in [1.54, 1.807) is 24.1 Å². The number of amides is 1. The molecule has 2 aromatic carbocycles. The molecule has 0 bridgehead atoms. The maximum Gasteiger partial charge on any atom is 0.573 e. The Balaban J connectivity index is 1.41. The van der Waals surface area contributed by atoms with E-state index in [-0.39, 0.29) is 31.8 Å². The first-order valence-corrected chi connectivity index (χ1v) is 13.4. The second kappa shape index (κ2) is 10.9. The van der Waals surface area contributed by atoms with Crippen molar-refractivity contribution in [3.8, 4) is 11.5 Å². The highest BCUT2D eigenvalue weighted by Gasteiger charge is 2.50. The molecule has 2 aliphatic heterocycles. The van der Waals surface area contributed by atoms with E-state index in [9.17, 15) is 26.4 Å². The molecule has 0 radical (unpaired) electrons. The van der Waals surface area contributed by atoms with Crippen LogP contribution >= 0.6 is 0 Å². The predicted molar refractivity (Wildman–Crippen MR) is 129 cm³/mol. The summed E-state index contributed by atoms with van der Waals surface area (Å²) in [6.45, 7) is 1.68. The molecule has 37 heavy (non-hydrogen) atoms. The number of ether oxygens (including phenoxy) is 3. The van der Waals surface area contributed by atoms with Crippen molar-refractivity contribution < 1.29 is 40.6 Å². The third-order valence-corrected chi connectivity index (χ3v) is 8.73. The van der Waals surface area contributed by atoms with Crippen LogP contribution in [0.4, 0.5) is 18.9 Å². The highest BCUT2D eigenvalue weighted by atomic mass is 32.2. The minimum Gasteiger partial charge on any atom is -0.494 e. The molecule has 2 aliphatic rings. The molecule has 12 heteroatoms. The zero-order valence-corrected chi connectivity index (χ0v) is 21.2. The number of para-hydroxylation sites is 1. The molecule has 2 heterocycles. The van der Waals surface area contributed by atoms with Crippen LogP contribution in [0, 0.1) is 5.41 Å². The second-order valence-corrected chi connectivity index (χ2v) is 11.0. The van der Waals surface area contributed by atoms with Gasteiger partial charge < -0.3 is 19.1 Å². The number of nitrogens with zero attached hydrogens (tertiary/aromatic N) is 2. The van der Waals surface area contributed by atoms with Crippen molar-refractivity contribution in [2.24, 2.45) is 5.41 Å². The van der Waals surface area contributed by atoms with Gasteiger partial charge in [0.15, 0.2) is 0 Å². The van der Waals surface area contributed by atoms with Crippen molar-refractivity contribution in [1.82, 2.24) is 4.31 Å². The third kappa shape index (κ3) is 6.02. The van der Waals surface area contributed by atoms with Crippen LogP contribution in [0.1, 0.15) is 25.7 Å². The molecule has 1 amide bonds. The van der Waals surface area contributed by atoms with Gasteiger partial charge in [-0.15, -0.1) is 13.2 Å². The van der Waals surface area contributed by atoms with Crippen LogP contribution in [-0.4, -0.2) is 65.0 Å². The zero-order chi connectivity index (χ0) is 26.7. The summed E-state index contributed by atoms with van der Waals surface area (Å²) in [6.07, 6.45) is -3.12. The lowest BCUT2D eigenvalue weighted by Gasteiger charge is -2.37. The van der Waals surface area contributed by atoms with Crippen molar-refractivity contribution >= 4 is 21.6 Å². The van der Waals surface area contributed by atoms with Crippen LogP contribution in [0.25, 0.3) is 0 Å². The number of hydrogen-bond acceptors (Lipinski definition) is 6. The number of benzene rings is 2. The molecule has 4 rings (SSSR count). The SMILES string of the molecule is COCCCOc1ccc(N2CCC3(CCN(S(=O)(=O)c4ccccc4OC(F)(F)F)CC3)C2=O)cc1. The maximum absolute atomic E-state index is 13.4. The molecule has 0 N–H and O–H groups in total. The molecular weight excluding hydrogens is 513 g/mol. The van der Waals surface area contributed by atoms with Gasteiger partial charge in [-0.2, -0.15) is 4.31 Å². The van der Waals surface area contributed by atoms with E-state index in [2.05, 4.69) is 4.74 Å². The molecule has 202 valence electrons. The molecule has 0 atom stereocenters. The summed E-state index contributed by atoms with van der Waals surface area (Å²) in [7, 11) is -2.62. The van der Waals surface area contributed by atoms with Crippen molar-refractivity contribution in [3.05, 3.63) is 48.5 Å². The number of carbonyl (C=O) groups excluding carboxylic acids is 1. The Labute approximate surface area is 214 Å². The first kappa shape index (κ1) is 27.2. The summed E-state index contributed by atoms with van der Waals surface area (Å²) in [5.41, 5.74) is 0.0305. The number of hydrogen-bond donors (Lipinski definition) is 0. The molecule has 1 spiro atoms. The van der Waals surface area contributed by atoms with Crippen LogP contribution in [0.15, 0.2) is 53.4 Å². The van der Waals surface area contributed by atoms with E-state index in [4.69, 9.17) is 9.47 Å². The van der Waals surface area contributed by atoms with Crippen molar-refractivity contribution in [3.63, 3.8) is 0 Å². The number of alkyl halides is 3. The number of piperidine rings is 1. The Morgan fingerprint density at radius 1 is 0.946 bits per heavy atom. The van der Waals surface area contributed by atoms with E-state index in [0.717, 1.165) is 28.5 Å². The number of rotatable bonds is 9. The van der Waals surface area contributed by atoms with Gasteiger partial charge in [0.2, 0.25) is 15.9 Å². The molecule has 2 fully saturated rings. The minimum absolute atomic E-state index is 0.0243. The van der Waals surface area contributed by atoms with Crippen molar-refractivity contribution in [1.29, 1.82) is 0 Å². The smallest absolute Gasteiger partial charge is 0.494 e. The largest absolute Gasteiger partial charge is 0.573 e. The predicted octanol–water partition coefficient (Wildman–Crippen LogP) is 4.21. The standard InChI is InChI=1S/C25H29F3N2O6S/c1-34-17-4-18-35-20-9-7-19(8-10-20)30-16-13-24(23(30)31)11-14-29(15-12-24)37(32,33)22-6-3-2-5-21(22)36-25(26,27)28/h2-3,5-10H,4,11-18H2,1H3. The topological polar surface area (TPSA) is 85.4 Å². The molecule has 2 saturated heterocycles. The van der Waals surface area contributed by atoms with Gasteiger partial charge in [-0.25, -0.2) is 8.42 Å². The fraction of sp³-hybridized carbons (Fsp3) is 0.480. The zero-order valence-electron chi connectivity index (χ0n) is 20.4. The Hall–Kier alpha value is -2.83. The summed E-state index contributed by atoms with van der Waals surface area (Å²) in [6, 6.07) is 11.9. The normalized spacial score (nSPS) is 18.4. The third-order valence-electron chi connectivity index (χ3n) is 6.79. The highest BCUT2D eigenvalue weighted by molar-refractivity contribution is 7.89. The molecular formula is C25H29F3N2O6S. The fourth-order valence-corrected chi connectivity index (χ4v) is 6.37. The summed E-state index contributed by atoms with van der Waals surface area (Å²) in [5, 5.41) is 0. The van der Waals surface area contributed by atoms with E-state index >= 15 is 0 Å². The average Bonchev–Trinajstić information content (AvgIpc) is 3.17. The Bertz CT molecular complexity index is 1200. The number of sulfonamides is 1. The van der Waals surface area contributed by atoms with Crippen molar-refractivity contribution in [2.45, 2.75) is 36.9 Å². The van der Waals surface area contributed by atoms with E-state index in [0.29, 0.717) is 31.9 Å². The van der Waals surface area contributed by atoms with Gasteiger partial charge >= 0.3 is 6.36 Å². The molecule has 0 aromatic heterocycles. The van der Waals surface area contributed by atoms with E-state index in [1.165, 1.54) is 12.1 Å². The van der Waals surface area contributed by atoms with Gasteiger partial charge in [-0.1, -0.05) is 12.1 Å². The highest BCUT2D eigenvalue weighted by Crippen LogP contribution is 2.44. The summed E-state index contributed by atoms with van der Waals surface area (Å²) >= 11 is 0.